The Morgan fingerprint density at radius 2 is 2.11 bits per heavy atom. The summed E-state index contributed by atoms with van der Waals surface area (Å²) in [5.41, 5.74) is 1.02. The first kappa shape index (κ1) is 12.4. The highest BCUT2D eigenvalue weighted by atomic mass is 16.5. The first-order valence-corrected chi connectivity index (χ1v) is 5.72. The van der Waals surface area contributed by atoms with E-state index in [1.54, 1.807) is 19.5 Å². The summed E-state index contributed by atoms with van der Waals surface area (Å²) >= 11 is 0. The number of pyridine rings is 1. The van der Waals surface area contributed by atoms with Crippen molar-refractivity contribution >= 4 is 16.7 Å². The van der Waals surface area contributed by atoms with Crippen molar-refractivity contribution in [3.05, 3.63) is 36.2 Å². The number of hydrogen-bond acceptors (Lipinski definition) is 4. The molecule has 1 aromatic carbocycles. The maximum absolute atomic E-state index is 11.2. The third kappa shape index (κ3) is 2.42. The van der Waals surface area contributed by atoms with Crippen LogP contribution in [0.15, 0.2) is 30.6 Å². The van der Waals surface area contributed by atoms with Crippen LogP contribution in [0.4, 0.5) is 0 Å². The summed E-state index contributed by atoms with van der Waals surface area (Å²) in [5.74, 6) is 0.570. The van der Waals surface area contributed by atoms with Gasteiger partial charge in [0, 0.05) is 29.8 Å². The van der Waals surface area contributed by atoms with E-state index in [0.717, 1.165) is 22.1 Å². The number of carbonyl (C=O) groups is 1. The average molecular weight is 245 g/mol. The first-order valence-electron chi connectivity index (χ1n) is 5.72. The van der Waals surface area contributed by atoms with Crippen LogP contribution in [-0.4, -0.2) is 25.2 Å². The molecule has 2 rings (SSSR count). The number of fused-ring (bicyclic) bond motifs is 1. The van der Waals surface area contributed by atoms with Crippen molar-refractivity contribution in [1.82, 2.24) is 4.98 Å². The summed E-state index contributed by atoms with van der Waals surface area (Å²) in [6.45, 7) is 0. The van der Waals surface area contributed by atoms with Crippen molar-refractivity contribution in [2.45, 2.75) is 12.8 Å². The van der Waals surface area contributed by atoms with E-state index < -0.39 is 0 Å². The molecule has 0 saturated heterocycles. The van der Waals surface area contributed by atoms with Gasteiger partial charge in [-0.3, -0.25) is 9.78 Å². The Balaban J connectivity index is 2.41. The zero-order valence-electron chi connectivity index (χ0n) is 10.5. The minimum absolute atomic E-state index is 0.219. The minimum atomic E-state index is -0.219. The number of aromatic nitrogens is 1. The Bertz CT molecular complexity index is 566. The Morgan fingerprint density at radius 1 is 1.28 bits per heavy atom. The van der Waals surface area contributed by atoms with E-state index in [1.165, 1.54) is 7.11 Å². The Kier molecular flexibility index (Phi) is 3.77. The third-order valence-electron chi connectivity index (χ3n) is 2.92. The van der Waals surface area contributed by atoms with E-state index in [0.29, 0.717) is 12.8 Å². The summed E-state index contributed by atoms with van der Waals surface area (Å²) in [7, 11) is 3.02. The lowest BCUT2D eigenvalue weighted by Crippen LogP contribution is -2.03. The number of rotatable bonds is 4. The van der Waals surface area contributed by atoms with Crippen LogP contribution < -0.4 is 4.74 Å². The van der Waals surface area contributed by atoms with Gasteiger partial charge in [0.05, 0.1) is 14.2 Å². The minimum Gasteiger partial charge on any atom is -0.496 e. The fourth-order valence-corrected chi connectivity index (χ4v) is 1.99. The first-order chi connectivity index (χ1) is 8.76. The number of methoxy groups -OCH3 is 2. The average Bonchev–Trinajstić information content (AvgIpc) is 2.44. The smallest absolute Gasteiger partial charge is 0.305 e. The monoisotopic (exact) mass is 245 g/mol. The SMILES string of the molecule is COC(=O)CCc1c(OC)ccc2cnccc12. The summed E-state index contributed by atoms with van der Waals surface area (Å²) in [5, 5.41) is 2.10. The van der Waals surface area contributed by atoms with Crippen molar-refractivity contribution in [2.24, 2.45) is 0 Å². The fourth-order valence-electron chi connectivity index (χ4n) is 1.99. The topological polar surface area (TPSA) is 48.4 Å². The second kappa shape index (κ2) is 5.49. The molecule has 0 aliphatic carbocycles. The van der Waals surface area contributed by atoms with Gasteiger partial charge in [0.25, 0.3) is 0 Å². The molecule has 0 saturated carbocycles. The van der Waals surface area contributed by atoms with E-state index in [2.05, 4.69) is 9.72 Å². The predicted molar refractivity (Wildman–Crippen MR) is 68.6 cm³/mol. The number of ether oxygens (including phenoxy) is 2. The zero-order chi connectivity index (χ0) is 13.0. The van der Waals surface area contributed by atoms with Gasteiger partial charge in [0.15, 0.2) is 0 Å². The molecule has 0 amide bonds. The summed E-state index contributed by atoms with van der Waals surface area (Å²) in [6, 6.07) is 5.80. The number of aryl methyl sites for hydroxylation is 1. The molecular weight excluding hydrogens is 230 g/mol. The van der Waals surface area contributed by atoms with Gasteiger partial charge in [-0.25, -0.2) is 0 Å². The van der Waals surface area contributed by atoms with Crippen LogP contribution >= 0.6 is 0 Å². The molecule has 1 heterocycles. The molecule has 0 radical (unpaired) electrons. The highest BCUT2D eigenvalue weighted by Gasteiger charge is 2.10. The van der Waals surface area contributed by atoms with E-state index in [4.69, 9.17) is 4.74 Å². The maximum atomic E-state index is 11.2. The summed E-state index contributed by atoms with van der Waals surface area (Å²) < 4.78 is 10.0. The highest BCUT2D eigenvalue weighted by molar-refractivity contribution is 5.87. The molecule has 18 heavy (non-hydrogen) atoms. The van der Waals surface area contributed by atoms with Gasteiger partial charge in [0.2, 0.25) is 0 Å². The molecule has 1 aromatic heterocycles. The van der Waals surface area contributed by atoms with Crippen LogP contribution in [0.2, 0.25) is 0 Å². The van der Waals surface area contributed by atoms with Gasteiger partial charge in [-0.05, 0) is 30.0 Å². The van der Waals surface area contributed by atoms with Gasteiger partial charge in [-0.1, -0.05) is 0 Å². The number of carbonyl (C=O) groups excluding carboxylic acids is 1. The summed E-state index contributed by atoms with van der Waals surface area (Å²) in [4.78, 5) is 15.3. The molecule has 0 bridgehead atoms. The molecule has 0 unspecified atom stereocenters. The van der Waals surface area contributed by atoms with Gasteiger partial charge in [-0.15, -0.1) is 0 Å². The van der Waals surface area contributed by atoms with Crippen molar-refractivity contribution in [2.75, 3.05) is 14.2 Å². The largest absolute Gasteiger partial charge is 0.496 e. The molecule has 0 atom stereocenters. The van der Waals surface area contributed by atoms with Gasteiger partial charge in [-0.2, -0.15) is 0 Å². The third-order valence-corrected chi connectivity index (χ3v) is 2.92. The summed E-state index contributed by atoms with van der Waals surface area (Å²) in [6.07, 6.45) is 4.48. The quantitative estimate of drug-likeness (QED) is 0.776. The number of benzene rings is 1. The normalized spacial score (nSPS) is 10.3. The van der Waals surface area contributed by atoms with Gasteiger partial charge >= 0.3 is 5.97 Å². The second-order valence-corrected chi connectivity index (χ2v) is 3.92. The van der Waals surface area contributed by atoms with E-state index >= 15 is 0 Å². The Hall–Kier alpha value is -2.10. The van der Waals surface area contributed by atoms with Crippen molar-refractivity contribution < 1.29 is 14.3 Å². The van der Waals surface area contributed by atoms with E-state index in [9.17, 15) is 4.79 Å². The molecule has 0 spiro atoms. The van der Waals surface area contributed by atoms with Crippen LogP contribution in [-0.2, 0) is 16.0 Å². The van der Waals surface area contributed by atoms with Crippen LogP contribution in [0.5, 0.6) is 5.75 Å². The van der Waals surface area contributed by atoms with Crippen molar-refractivity contribution in [3.63, 3.8) is 0 Å². The predicted octanol–water partition coefficient (Wildman–Crippen LogP) is 2.35. The second-order valence-electron chi connectivity index (χ2n) is 3.92. The van der Waals surface area contributed by atoms with Crippen LogP contribution in [0.3, 0.4) is 0 Å². The Labute approximate surface area is 106 Å². The molecule has 4 heteroatoms. The van der Waals surface area contributed by atoms with Crippen LogP contribution in [0.25, 0.3) is 10.8 Å². The Morgan fingerprint density at radius 3 is 2.83 bits per heavy atom. The lowest BCUT2D eigenvalue weighted by molar-refractivity contribution is -0.140. The fraction of sp³-hybridized carbons (Fsp3) is 0.286. The molecule has 2 aromatic rings. The van der Waals surface area contributed by atoms with Crippen molar-refractivity contribution in [1.29, 1.82) is 0 Å². The van der Waals surface area contributed by atoms with Gasteiger partial charge in [0.1, 0.15) is 5.75 Å². The number of esters is 1. The van der Waals surface area contributed by atoms with E-state index in [-0.39, 0.29) is 5.97 Å². The lowest BCUT2D eigenvalue weighted by Gasteiger charge is -2.11. The molecule has 0 aliphatic rings. The van der Waals surface area contributed by atoms with Gasteiger partial charge < -0.3 is 9.47 Å². The lowest BCUT2D eigenvalue weighted by atomic mass is 10.0. The highest BCUT2D eigenvalue weighted by Crippen LogP contribution is 2.28. The number of hydrogen-bond donors (Lipinski definition) is 0. The van der Waals surface area contributed by atoms with Crippen LogP contribution in [0.1, 0.15) is 12.0 Å². The number of nitrogens with zero attached hydrogens (tertiary/aromatic N) is 1. The molecular formula is C14H15NO3. The molecule has 4 nitrogen and oxygen atoms in total. The van der Waals surface area contributed by atoms with Crippen LogP contribution in [0, 0.1) is 0 Å². The van der Waals surface area contributed by atoms with E-state index in [1.807, 2.05) is 18.2 Å². The molecule has 0 N–H and O–H groups in total. The maximum Gasteiger partial charge on any atom is 0.305 e. The van der Waals surface area contributed by atoms with Crippen molar-refractivity contribution in [3.8, 4) is 5.75 Å². The molecule has 94 valence electrons. The zero-order valence-corrected chi connectivity index (χ0v) is 10.5. The standard InChI is InChI=1S/C14H15NO3/c1-17-13-5-3-10-9-15-8-7-11(10)12(13)4-6-14(16)18-2/h3,5,7-9H,4,6H2,1-2H3. The molecule has 0 fully saturated rings. The molecule has 0 aliphatic heterocycles.